The molecule has 6 heteroatoms. The fraction of sp³-hybridized carbons (Fsp3) is 0.800. The van der Waals surface area contributed by atoms with Crippen molar-refractivity contribution in [2.45, 2.75) is 6.92 Å². The Morgan fingerprint density at radius 3 is 2.56 bits per heavy atom. The first-order valence-electron chi connectivity index (χ1n) is 5.47. The van der Waals surface area contributed by atoms with Gasteiger partial charge >= 0.3 is 6.09 Å². The van der Waals surface area contributed by atoms with E-state index in [1.165, 1.54) is 0 Å². The maximum Gasteiger partial charge on any atom is 0.409 e. The fourth-order valence-corrected chi connectivity index (χ4v) is 1.60. The molecule has 0 N–H and O–H groups in total. The summed E-state index contributed by atoms with van der Waals surface area (Å²) in [7, 11) is 0. The molecule has 1 saturated heterocycles. The highest BCUT2D eigenvalue weighted by Gasteiger charge is 2.21. The molecule has 0 aromatic rings. The van der Waals surface area contributed by atoms with Crippen LogP contribution in [0.15, 0.2) is 0 Å². The van der Waals surface area contributed by atoms with Crippen molar-refractivity contribution >= 4 is 12.6 Å². The largest absolute Gasteiger partial charge is 0.467 e. The molecular formula is C10H18N2O4. The molecule has 1 aliphatic rings. The Hall–Kier alpha value is -1.30. The average molecular weight is 230 g/mol. The number of hydrogen-bond donors (Lipinski definition) is 0. The van der Waals surface area contributed by atoms with Gasteiger partial charge in [0.05, 0.1) is 6.61 Å². The minimum atomic E-state index is -0.244. The SMILES string of the molecule is CCOC(=O)N1CCN(CCOC=O)CC1. The van der Waals surface area contributed by atoms with Gasteiger partial charge < -0.3 is 14.4 Å². The Bertz CT molecular complexity index is 227. The molecule has 0 aliphatic carbocycles. The molecule has 0 radical (unpaired) electrons. The third-order valence-electron chi connectivity index (χ3n) is 2.49. The third-order valence-corrected chi connectivity index (χ3v) is 2.49. The van der Waals surface area contributed by atoms with Gasteiger partial charge in [0.2, 0.25) is 0 Å². The monoisotopic (exact) mass is 230 g/mol. The van der Waals surface area contributed by atoms with Crippen LogP contribution in [0, 0.1) is 0 Å². The minimum absolute atomic E-state index is 0.244. The highest BCUT2D eigenvalue weighted by atomic mass is 16.6. The summed E-state index contributed by atoms with van der Waals surface area (Å²) in [5, 5.41) is 0. The zero-order valence-electron chi connectivity index (χ0n) is 9.55. The summed E-state index contributed by atoms with van der Waals surface area (Å²) in [6.07, 6.45) is -0.244. The molecule has 0 atom stereocenters. The van der Waals surface area contributed by atoms with E-state index in [1.807, 2.05) is 0 Å². The molecular weight excluding hydrogens is 212 g/mol. The van der Waals surface area contributed by atoms with Gasteiger partial charge in [0.15, 0.2) is 0 Å². The van der Waals surface area contributed by atoms with Gasteiger partial charge in [-0.05, 0) is 6.92 Å². The van der Waals surface area contributed by atoms with Gasteiger partial charge in [-0.3, -0.25) is 9.69 Å². The smallest absolute Gasteiger partial charge is 0.409 e. The lowest BCUT2D eigenvalue weighted by atomic mass is 10.3. The van der Waals surface area contributed by atoms with Crippen molar-refractivity contribution < 1.29 is 19.1 Å². The van der Waals surface area contributed by atoms with E-state index in [2.05, 4.69) is 9.64 Å². The van der Waals surface area contributed by atoms with Gasteiger partial charge in [0, 0.05) is 32.7 Å². The van der Waals surface area contributed by atoms with Crippen molar-refractivity contribution in [3.63, 3.8) is 0 Å². The van der Waals surface area contributed by atoms with Gasteiger partial charge in [0.25, 0.3) is 6.47 Å². The van der Waals surface area contributed by atoms with E-state index < -0.39 is 0 Å². The second kappa shape index (κ2) is 7.05. The molecule has 1 aliphatic heterocycles. The molecule has 0 spiro atoms. The number of rotatable bonds is 5. The van der Waals surface area contributed by atoms with E-state index in [9.17, 15) is 9.59 Å². The zero-order chi connectivity index (χ0) is 11.8. The topological polar surface area (TPSA) is 59.1 Å². The molecule has 16 heavy (non-hydrogen) atoms. The van der Waals surface area contributed by atoms with Crippen LogP contribution < -0.4 is 0 Å². The Morgan fingerprint density at radius 2 is 2.00 bits per heavy atom. The molecule has 1 amide bonds. The molecule has 0 saturated carbocycles. The molecule has 0 bridgehead atoms. The zero-order valence-corrected chi connectivity index (χ0v) is 9.55. The van der Waals surface area contributed by atoms with Gasteiger partial charge in [-0.15, -0.1) is 0 Å². The molecule has 1 heterocycles. The number of carbonyl (C=O) groups excluding carboxylic acids is 2. The van der Waals surface area contributed by atoms with Crippen LogP contribution in [-0.4, -0.2) is 68.3 Å². The van der Waals surface area contributed by atoms with Crippen molar-refractivity contribution in [1.82, 2.24) is 9.80 Å². The van der Waals surface area contributed by atoms with Gasteiger partial charge in [-0.2, -0.15) is 0 Å². The van der Waals surface area contributed by atoms with E-state index in [-0.39, 0.29) is 6.09 Å². The molecule has 1 rings (SSSR count). The number of carbonyl (C=O) groups is 2. The van der Waals surface area contributed by atoms with Gasteiger partial charge in [-0.25, -0.2) is 4.79 Å². The van der Waals surface area contributed by atoms with Crippen molar-refractivity contribution in [2.24, 2.45) is 0 Å². The summed E-state index contributed by atoms with van der Waals surface area (Å²) in [6, 6.07) is 0. The van der Waals surface area contributed by atoms with E-state index >= 15 is 0 Å². The number of piperazine rings is 1. The number of nitrogens with zero attached hydrogens (tertiary/aromatic N) is 2. The molecule has 6 nitrogen and oxygen atoms in total. The lowest BCUT2D eigenvalue weighted by Gasteiger charge is -2.33. The molecule has 0 unspecified atom stereocenters. The number of ether oxygens (including phenoxy) is 2. The minimum Gasteiger partial charge on any atom is -0.467 e. The summed E-state index contributed by atoms with van der Waals surface area (Å²) < 4.78 is 9.53. The first-order valence-corrected chi connectivity index (χ1v) is 5.47. The summed E-state index contributed by atoms with van der Waals surface area (Å²) in [4.78, 5) is 25.2. The Labute approximate surface area is 95.1 Å². The first kappa shape index (κ1) is 12.8. The van der Waals surface area contributed by atoms with Crippen LogP contribution in [-0.2, 0) is 14.3 Å². The first-order chi connectivity index (χ1) is 7.77. The van der Waals surface area contributed by atoms with Gasteiger partial charge in [0.1, 0.15) is 6.61 Å². The second-order valence-electron chi connectivity index (χ2n) is 3.49. The Kier molecular flexibility index (Phi) is 5.63. The molecule has 0 aromatic carbocycles. The highest BCUT2D eigenvalue weighted by molar-refractivity contribution is 5.67. The van der Waals surface area contributed by atoms with Crippen molar-refractivity contribution in [3.05, 3.63) is 0 Å². The molecule has 1 fully saturated rings. The second-order valence-corrected chi connectivity index (χ2v) is 3.49. The third kappa shape index (κ3) is 4.06. The maximum atomic E-state index is 11.4. The van der Waals surface area contributed by atoms with E-state index in [1.54, 1.807) is 11.8 Å². The lowest BCUT2D eigenvalue weighted by Crippen LogP contribution is -2.49. The lowest BCUT2D eigenvalue weighted by molar-refractivity contribution is -0.129. The Balaban J connectivity index is 2.17. The van der Waals surface area contributed by atoms with Crippen molar-refractivity contribution in [3.8, 4) is 0 Å². The van der Waals surface area contributed by atoms with E-state index in [0.29, 0.717) is 32.8 Å². The van der Waals surface area contributed by atoms with Gasteiger partial charge in [-0.1, -0.05) is 0 Å². The Morgan fingerprint density at radius 1 is 1.31 bits per heavy atom. The predicted octanol–water partition coefficient (Wildman–Crippen LogP) is -0.0665. The van der Waals surface area contributed by atoms with Crippen molar-refractivity contribution in [1.29, 1.82) is 0 Å². The van der Waals surface area contributed by atoms with E-state index in [4.69, 9.17) is 4.74 Å². The van der Waals surface area contributed by atoms with E-state index in [0.717, 1.165) is 19.6 Å². The van der Waals surface area contributed by atoms with Crippen LogP contribution in [0.25, 0.3) is 0 Å². The number of hydrogen-bond acceptors (Lipinski definition) is 5. The normalized spacial score (nSPS) is 16.9. The average Bonchev–Trinajstić information content (AvgIpc) is 2.30. The van der Waals surface area contributed by atoms with Crippen LogP contribution in [0.4, 0.5) is 4.79 Å². The highest BCUT2D eigenvalue weighted by Crippen LogP contribution is 2.03. The fourth-order valence-electron chi connectivity index (χ4n) is 1.60. The summed E-state index contributed by atoms with van der Waals surface area (Å²) in [6.45, 7) is 6.70. The predicted molar refractivity (Wildman–Crippen MR) is 57.1 cm³/mol. The number of amides is 1. The van der Waals surface area contributed by atoms with Crippen LogP contribution in [0.2, 0.25) is 0 Å². The maximum absolute atomic E-state index is 11.4. The van der Waals surface area contributed by atoms with Crippen molar-refractivity contribution in [2.75, 3.05) is 45.9 Å². The summed E-state index contributed by atoms with van der Waals surface area (Å²) in [5.74, 6) is 0. The van der Waals surface area contributed by atoms with Crippen LogP contribution in [0.1, 0.15) is 6.92 Å². The summed E-state index contributed by atoms with van der Waals surface area (Å²) >= 11 is 0. The molecule has 0 aromatic heterocycles. The van der Waals surface area contributed by atoms with Crippen LogP contribution in [0.3, 0.4) is 0 Å². The standard InChI is InChI=1S/C10H18N2O4/c1-2-16-10(14)12-5-3-11(4-6-12)7-8-15-9-13/h9H,2-8H2,1H3. The quantitative estimate of drug-likeness (QED) is 0.489. The molecule has 92 valence electrons. The van der Waals surface area contributed by atoms with Crippen LogP contribution >= 0.6 is 0 Å². The summed E-state index contributed by atoms with van der Waals surface area (Å²) in [5.41, 5.74) is 0. The van der Waals surface area contributed by atoms with Crippen LogP contribution in [0.5, 0.6) is 0 Å².